The van der Waals surface area contributed by atoms with E-state index in [0.29, 0.717) is 30.5 Å². The van der Waals surface area contributed by atoms with Gasteiger partial charge in [-0.3, -0.25) is 4.79 Å². The molecule has 0 radical (unpaired) electrons. The van der Waals surface area contributed by atoms with E-state index in [4.69, 9.17) is 15.2 Å². The van der Waals surface area contributed by atoms with Gasteiger partial charge >= 0.3 is 0 Å². The summed E-state index contributed by atoms with van der Waals surface area (Å²) in [7, 11) is 1.65. The summed E-state index contributed by atoms with van der Waals surface area (Å²) in [6.45, 7) is 4.12. The average molecular weight is 506 g/mol. The summed E-state index contributed by atoms with van der Waals surface area (Å²) in [4.78, 5) is 21.6. The molecule has 198 valence electrons. The number of carbonyl (C=O) groups excluding carboxylic acids is 1. The van der Waals surface area contributed by atoms with E-state index in [2.05, 4.69) is 19.9 Å². The fraction of sp³-hybridized carbons (Fsp3) is 0.483. The van der Waals surface area contributed by atoms with Crippen molar-refractivity contribution in [3.05, 3.63) is 65.9 Å². The molecule has 1 saturated carbocycles. The van der Waals surface area contributed by atoms with E-state index < -0.39 is 5.41 Å². The normalized spacial score (nSPS) is 14.4. The SMILES string of the molecule is COc1cc(C2(C(=O)NCCCn3cncc3C)CCCC2)ccc1OCCCCc1ccnc(N)c1. The average Bonchev–Trinajstić information content (AvgIpc) is 3.56. The van der Waals surface area contributed by atoms with Gasteiger partial charge in [-0.1, -0.05) is 18.9 Å². The first-order valence-electron chi connectivity index (χ1n) is 13.3. The molecule has 2 aromatic heterocycles. The first kappa shape index (κ1) is 26.5. The van der Waals surface area contributed by atoms with E-state index in [-0.39, 0.29) is 5.91 Å². The number of amides is 1. The maximum Gasteiger partial charge on any atom is 0.230 e. The molecule has 1 aliphatic rings. The number of nitrogens with one attached hydrogen (secondary N) is 1. The maximum absolute atomic E-state index is 13.4. The molecule has 3 N–H and O–H groups in total. The van der Waals surface area contributed by atoms with Gasteiger partial charge in [0, 0.05) is 31.2 Å². The third-order valence-corrected chi connectivity index (χ3v) is 7.35. The molecule has 0 aliphatic heterocycles. The predicted molar refractivity (Wildman–Crippen MR) is 145 cm³/mol. The number of methoxy groups -OCH3 is 1. The molecule has 2 heterocycles. The molecular formula is C29H39N5O3. The van der Waals surface area contributed by atoms with Gasteiger partial charge in [0.15, 0.2) is 11.5 Å². The number of hydrogen-bond acceptors (Lipinski definition) is 6. The smallest absolute Gasteiger partial charge is 0.230 e. The highest BCUT2D eigenvalue weighted by atomic mass is 16.5. The summed E-state index contributed by atoms with van der Waals surface area (Å²) >= 11 is 0. The standard InChI is InChI=1S/C29H39N5O3/c1-22-20-31-21-34(22)16-7-14-33-28(35)29(12-4-5-13-29)24-9-10-25(26(19-24)36-2)37-17-6-3-8-23-11-15-32-27(30)18-23/h9-11,15,18-21H,3-8,12-14,16-17H2,1-2H3,(H2,30,32)(H,33,35). The van der Waals surface area contributed by atoms with Crippen LogP contribution in [0.3, 0.4) is 0 Å². The second-order valence-electron chi connectivity index (χ2n) is 9.89. The van der Waals surface area contributed by atoms with Gasteiger partial charge in [-0.25, -0.2) is 9.97 Å². The van der Waals surface area contributed by atoms with Crippen molar-refractivity contribution in [1.82, 2.24) is 19.9 Å². The highest BCUT2D eigenvalue weighted by Gasteiger charge is 2.42. The molecule has 8 heteroatoms. The molecule has 1 aromatic carbocycles. The van der Waals surface area contributed by atoms with E-state index in [1.807, 2.05) is 49.8 Å². The Hall–Kier alpha value is -3.55. The topological polar surface area (TPSA) is 104 Å². The van der Waals surface area contributed by atoms with Crippen LogP contribution in [0.25, 0.3) is 0 Å². The van der Waals surface area contributed by atoms with Crippen molar-refractivity contribution in [1.29, 1.82) is 0 Å². The lowest BCUT2D eigenvalue weighted by molar-refractivity contribution is -0.126. The Morgan fingerprint density at radius 2 is 1.97 bits per heavy atom. The number of aryl methyl sites for hydroxylation is 3. The number of pyridine rings is 1. The zero-order valence-corrected chi connectivity index (χ0v) is 22.0. The number of nitrogens with two attached hydrogens (primary N) is 1. The van der Waals surface area contributed by atoms with Gasteiger partial charge in [0.1, 0.15) is 5.82 Å². The van der Waals surface area contributed by atoms with E-state index in [9.17, 15) is 4.79 Å². The van der Waals surface area contributed by atoms with Crippen molar-refractivity contribution in [2.24, 2.45) is 0 Å². The fourth-order valence-electron chi connectivity index (χ4n) is 5.21. The molecule has 0 spiro atoms. The Bertz CT molecular complexity index is 1170. The molecule has 1 aliphatic carbocycles. The number of hydrogen-bond donors (Lipinski definition) is 2. The van der Waals surface area contributed by atoms with Gasteiger partial charge in [-0.15, -0.1) is 0 Å². The number of carbonyl (C=O) groups is 1. The number of nitrogens with zero attached hydrogens (tertiary/aromatic N) is 3. The number of ether oxygens (including phenoxy) is 2. The Kier molecular flexibility index (Phi) is 9.04. The summed E-state index contributed by atoms with van der Waals surface area (Å²) in [5.41, 5.74) is 8.57. The Morgan fingerprint density at radius 1 is 1.14 bits per heavy atom. The van der Waals surface area contributed by atoms with E-state index in [0.717, 1.165) is 69.2 Å². The van der Waals surface area contributed by atoms with Gasteiger partial charge in [-0.05, 0) is 80.8 Å². The summed E-state index contributed by atoms with van der Waals surface area (Å²) in [6, 6.07) is 9.89. The number of imidazole rings is 1. The first-order chi connectivity index (χ1) is 18.0. The summed E-state index contributed by atoms with van der Waals surface area (Å²) in [6.07, 6.45) is 12.9. The zero-order chi connectivity index (χ0) is 26.1. The Morgan fingerprint density at radius 3 is 2.70 bits per heavy atom. The lowest BCUT2D eigenvalue weighted by Gasteiger charge is -2.29. The Labute approximate surface area is 219 Å². The lowest BCUT2D eigenvalue weighted by Crippen LogP contribution is -2.43. The minimum atomic E-state index is -0.511. The van der Waals surface area contributed by atoms with Crippen LogP contribution in [-0.4, -0.2) is 40.7 Å². The van der Waals surface area contributed by atoms with Gasteiger partial charge < -0.3 is 25.1 Å². The molecule has 0 atom stereocenters. The van der Waals surface area contributed by atoms with Gasteiger partial charge in [0.05, 0.1) is 25.5 Å². The number of unbranched alkanes of at least 4 members (excludes halogenated alkanes) is 1. The van der Waals surface area contributed by atoms with Crippen LogP contribution < -0.4 is 20.5 Å². The van der Waals surface area contributed by atoms with Crippen molar-refractivity contribution >= 4 is 11.7 Å². The van der Waals surface area contributed by atoms with Crippen molar-refractivity contribution < 1.29 is 14.3 Å². The van der Waals surface area contributed by atoms with Crippen molar-refractivity contribution in [2.75, 3.05) is 26.0 Å². The van der Waals surface area contributed by atoms with Gasteiger partial charge in [0.25, 0.3) is 0 Å². The van der Waals surface area contributed by atoms with Crippen LogP contribution in [0.15, 0.2) is 49.1 Å². The fourth-order valence-corrected chi connectivity index (χ4v) is 5.21. The van der Waals surface area contributed by atoms with Crippen LogP contribution in [0, 0.1) is 6.92 Å². The molecule has 4 rings (SSSR count). The van der Waals surface area contributed by atoms with Crippen molar-refractivity contribution in [3.63, 3.8) is 0 Å². The number of benzene rings is 1. The quantitative estimate of drug-likeness (QED) is 0.329. The molecule has 0 saturated heterocycles. The third kappa shape index (κ3) is 6.61. The highest BCUT2D eigenvalue weighted by molar-refractivity contribution is 5.88. The number of anilines is 1. The molecule has 8 nitrogen and oxygen atoms in total. The van der Waals surface area contributed by atoms with Crippen molar-refractivity contribution in [3.8, 4) is 11.5 Å². The lowest BCUT2D eigenvalue weighted by atomic mass is 9.77. The molecular weight excluding hydrogens is 466 g/mol. The maximum atomic E-state index is 13.4. The van der Waals surface area contributed by atoms with Crippen molar-refractivity contribution in [2.45, 2.75) is 70.3 Å². The number of rotatable bonds is 13. The van der Waals surface area contributed by atoms with Crippen LogP contribution in [0.2, 0.25) is 0 Å². The minimum absolute atomic E-state index is 0.111. The second kappa shape index (κ2) is 12.6. The zero-order valence-electron chi connectivity index (χ0n) is 22.0. The van der Waals surface area contributed by atoms with E-state index >= 15 is 0 Å². The molecule has 0 bridgehead atoms. The van der Waals surface area contributed by atoms with Crippen LogP contribution in [0.5, 0.6) is 11.5 Å². The summed E-state index contributed by atoms with van der Waals surface area (Å²) < 4.78 is 13.8. The molecule has 1 fully saturated rings. The number of nitrogen functional groups attached to an aromatic ring is 1. The molecule has 0 unspecified atom stereocenters. The predicted octanol–water partition coefficient (Wildman–Crippen LogP) is 4.60. The molecule has 3 aromatic rings. The van der Waals surface area contributed by atoms with E-state index in [1.165, 1.54) is 5.56 Å². The van der Waals surface area contributed by atoms with Gasteiger partial charge in [0.2, 0.25) is 5.91 Å². The monoisotopic (exact) mass is 505 g/mol. The largest absolute Gasteiger partial charge is 0.493 e. The van der Waals surface area contributed by atoms with E-state index in [1.54, 1.807) is 13.3 Å². The Balaban J connectivity index is 1.32. The summed E-state index contributed by atoms with van der Waals surface area (Å²) in [5.74, 6) is 2.05. The van der Waals surface area contributed by atoms with Crippen LogP contribution in [0.1, 0.15) is 61.8 Å². The highest BCUT2D eigenvalue weighted by Crippen LogP contribution is 2.44. The van der Waals surface area contributed by atoms with Crippen LogP contribution in [0.4, 0.5) is 5.82 Å². The van der Waals surface area contributed by atoms with Crippen LogP contribution in [-0.2, 0) is 23.2 Å². The molecule has 37 heavy (non-hydrogen) atoms. The first-order valence-corrected chi connectivity index (χ1v) is 13.3. The molecule has 1 amide bonds. The second-order valence-corrected chi connectivity index (χ2v) is 9.89. The summed E-state index contributed by atoms with van der Waals surface area (Å²) in [5, 5.41) is 3.21. The van der Waals surface area contributed by atoms with Gasteiger partial charge in [-0.2, -0.15) is 0 Å². The minimum Gasteiger partial charge on any atom is -0.493 e. The number of aromatic nitrogens is 3. The van der Waals surface area contributed by atoms with Crippen LogP contribution >= 0.6 is 0 Å². The third-order valence-electron chi connectivity index (χ3n) is 7.35.